The van der Waals surface area contributed by atoms with E-state index in [1.165, 1.54) is 17.6 Å². The van der Waals surface area contributed by atoms with Crippen LogP contribution in [0.15, 0.2) is 35.2 Å². The highest BCUT2D eigenvalue weighted by Crippen LogP contribution is 2.34. The van der Waals surface area contributed by atoms with Crippen LogP contribution in [0.4, 0.5) is 13.2 Å². The second-order valence-electron chi connectivity index (χ2n) is 5.64. The molecule has 0 atom stereocenters. The predicted molar refractivity (Wildman–Crippen MR) is 94.1 cm³/mol. The first-order chi connectivity index (χ1) is 12.1. The van der Waals surface area contributed by atoms with Gasteiger partial charge in [0, 0.05) is 12.6 Å². The highest BCUT2D eigenvalue weighted by Gasteiger charge is 2.33. The molecular weight excluding hydrogens is 387 g/mol. The number of hydrogen-bond donors (Lipinski definition) is 1. The van der Waals surface area contributed by atoms with Crippen molar-refractivity contribution in [1.29, 1.82) is 0 Å². The zero-order valence-corrected chi connectivity index (χ0v) is 15.4. The molecule has 1 aromatic carbocycles. The van der Waals surface area contributed by atoms with Gasteiger partial charge in [-0.15, -0.1) is 0 Å². The van der Waals surface area contributed by atoms with Gasteiger partial charge in [0.2, 0.25) is 0 Å². The fourth-order valence-corrected chi connectivity index (χ4v) is 4.04. The number of aromatic nitrogens is 3. The summed E-state index contributed by atoms with van der Waals surface area (Å²) in [6.07, 6.45) is -4.61. The zero-order valence-electron chi connectivity index (χ0n) is 13.8. The molecule has 0 amide bonds. The van der Waals surface area contributed by atoms with E-state index in [2.05, 4.69) is 9.97 Å². The lowest BCUT2D eigenvalue weighted by molar-refractivity contribution is -0.138. The maximum atomic E-state index is 13.1. The zero-order chi connectivity index (χ0) is 19.3. The van der Waals surface area contributed by atoms with Gasteiger partial charge in [0.15, 0.2) is 9.84 Å². The van der Waals surface area contributed by atoms with Crippen LogP contribution in [-0.2, 0) is 23.1 Å². The second-order valence-corrected chi connectivity index (χ2v) is 8.29. The Balaban J connectivity index is 2.33. The van der Waals surface area contributed by atoms with E-state index in [1.54, 1.807) is 25.2 Å². The SMILES string of the molecule is CCS(=O)(=O)c1ccccc1-c1nc2cc(C(F)(F)F)c(=S)[nH]c2n1C. The molecule has 0 unspecified atom stereocenters. The number of alkyl halides is 3. The standard InChI is InChI=1S/C16H14F3N3O2S2/c1-3-26(23,24)12-7-5-4-6-9(12)13-20-11-8-10(16(17,18)19)15(25)21-14(11)22(13)2/h4-8H,3H2,1-2H3,(H,21,25). The minimum atomic E-state index is -4.61. The van der Waals surface area contributed by atoms with E-state index in [9.17, 15) is 21.6 Å². The van der Waals surface area contributed by atoms with Gasteiger partial charge in [0.1, 0.15) is 21.6 Å². The number of nitrogens with zero attached hydrogens (tertiary/aromatic N) is 2. The minimum Gasteiger partial charge on any atom is -0.330 e. The molecule has 0 spiro atoms. The number of imidazole rings is 1. The van der Waals surface area contributed by atoms with Gasteiger partial charge < -0.3 is 9.55 Å². The molecule has 1 N–H and O–H groups in total. The normalized spacial score (nSPS) is 12.7. The van der Waals surface area contributed by atoms with Crippen LogP contribution < -0.4 is 0 Å². The summed E-state index contributed by atoms with van der Waals surface area (Å²) in [6, 6.07) is 7.13. The summed E-state index contributed by atoms with van der Waals surface area (Å²) in [6.45, 7) is 1.52. The van der Waals surface area contributed by atoms with Crippen LogP contribution in [0.3, 0.4) is 0 Å². The van der Waals surface area contributed by atoms with Crippen molar-refractivity contribution in [3.63, 3.8) is 0 Å². The molecule has 10 heteroatoms. The number of fused-ring (bicyclic) bond motifs is 1. The highest BCUT2D eigenvalue weighted by atomic mass is 32.2. The number of H-pyrrole nitrogens is 1. The summed E-state index contributed by atoms with van der Waals surface area (Å²) in [5.41, 5.74) is -0.339. The Hall–Kier alpha value is -2.20. The molecule has 0 saturated heterocycles. The summed E-state index contributed by atoms with van der Waals surface area (Å²) >= 11 is 4.80. The molecule has 0 saturated carbocycles. The predicted octanol–water partition coefficient (Wildman–Crippen LogP) is 4.11. The van der Waals surface area contributed by atoms with Crippen LogP contribution in [0.25, 0.3) is 22.6 Å². The van der Waals surface area contributed by atoms with Gasteiger partial charge >= 0.3 is 6.18 Å². The average Bonchev–Trinajstić information content (AvgIpc) is 2.89. The molecule has 5 nitrogen and oxygen atoms in total. The van der Waals surface area contributed by atoms with Crippen molar-refractivity contribution >= 4 is 33.2 Å². The number of hydrogen-bond acceptors (Lipinski definition) is 4. The maximum absolute atomic E-state index is 13.1. The van der Waals surface area contributed by atoms with Gasteiger partial charge in [0.05, 0.1) is 16.2 Å². The number of aromatic amines is 1. The van der Waals surface area contributed by atoms with Crippen molar-refractivity contribution in [2.75, 3.05) is 5.75 Å². The van der Waals surface area contributed by atoms with Gasteiger partial charge in [0.25, 0.3) is 0 Å². The van der Waals surface area contributed by atoms with Crippen LogP contribution in [0.1, 0.15) is 12.5 Å². The molecule has 0 radical (unpaired) electrons. The fraction of sp³-hybridized carbons (Fsp3) is 0.250. The number of benzene rings is 1. The molecule has 3 rings (SSSR count). The van der Waals surface area contributed by atoms with Crippen molar-refractivity contribution in [1.82, 2.24) is 14.5 Å². The van der Waals surface area contributed by atoms with E-state index in [1.807, 2.05) is 0 Å². The molecule has 2 aromatic heterocycles. The molecule has 0 bridgehead atoms. The largest absolute Gasteiger partial charge is 0.419 e. The molecular formula is C16H14F3N3O2S2. The number of sulfone groups is 1. The lowest BCUT2D eigenvalue weighted by atomic mass is 10.2. The summed E-state index contributed by atoms with van der Waals surface area (Å²) in [5.74, 6) is 0.131. The number of pyridine rings is 1. The van der Waals surface area contributed by atoms with Gasteiger partial charge in [-0.05, 0) is 18.2 Å². The van der Waals surface area contributed by atoms with Gasteiger partial charge in [-0.25, -0.2) is 13.4 Å². The van der Waals surface area contributed by atoms with E-state index in [4.69, 9.17) is 12.2 Å². The fourth-order valence-electron chi connectivity index (χ4n) is 2.67. The smallest absolute Gasteiger partial charge is 0.330 e. The Morgan fingerprint density at radius 1 is 1.27 bits per heavy atom. The van der Waals surface area contributed by atoms with E-state index in [0.29, 0.717) is 5.56 Å². The van der Waals surface area contributed by atoms with Crippen molar-refractivity contribution in [2.24, 2.45) is 7.05 Å². The highest BCUT2D eigenvalue weighted by molar-refractivity contribution is 7.91. The van der Waals surface area contributed by atoms with Crippen LogP contribution in [-0.4, -0.2) is 28.7 Å². The number of aryl methyl sites for hydroxylation is 1. The number of rotatable bonds is 3. The lowest BCUT2D eigenvalue weighted by Gasteiger charge is -2.09. The minimum absolute atomic E-state index is 0.0483. The van der Waals surface area contributed by atoms with Crippen LogP contribution in [0.2, 0.25) is 0 Å². The second kappa shape index (κ2) is 6.20. The summed E-state index contributed by atoms with van der Waals surface area (Å²) in [7, 11) is -1.95. The van der Waals surface area contributed by atoms with Crippen LogP contribution >= 0.6 is 12.2 Å². The Kier molecular flexibility index (Phi) is 4.43. The maximum Gasteiger partial charge on any atom is 0.419 e. The molecule has 0 fully saturated rings. The topological polar surface area (TPSA) is 67.8 Å². The van der Waals surface area contributed by atoms with Gasteiger partial charge in [-0.1, -0.05) is 31.3 Å². The molecule has 0 aliphatic rings. The number of nitrogens with one attached hydrogen (secondary N) is 1. The van der Waals surface area contributed by atoms with Crippen molar-refractivity contribution in [2.45, 2.75) is 18.0 Å². The quantitative estimate of drug-likeness (QED) is 0.671. The molecule has 3 aromatic rings. The van der Waals surface area contributed by atoms with Gasteiger partial charge in [-0.3, -0.25) is 0 Å². The molecule has 138 valence electrons. The Labute approximate surface area is 152 Å². The third-order valence-corrected chi connectivity index (χ3v) is 6.14. The van der Waals surface area contributed by atoms with Gasteiger partial charge in [-0.2, -0.15) is 13.2 Å². The lowest BCUT2D eigenvalue weighted by Crippen LogP contribution is -2.07. The molecule has 2 heterocycles. The average molecular weight is 401 g/mol. The van der Waals surface area contributed by atoms with E-state index >= 15 is 0 Å². The summed E-state index contributed by atoms with van der Waals surface area (Å²) in [5, 5.41) is 0. The van der Waals surface area contributed by atoms with E-state index in [0.717, 1.165) is 6.07 Å². The Morgan fingerprint density at radius 2 is 1.92 bits per heavy atom. The van der Waals surface area contributed by atoms with E-state index < -0.39 is 26.2 Å². The van der Waals surface area contributed by atoms with Crippen molar-refractivity contribution in [3.8, 4) is 11.4 Å². The van der Waals surface area contributed by atoms with E-state index in [-0.39, 0.29) is 27.6 Å². The monoisotopic (exact) mass is 401 g/mol. The molecule has 26 heavy (non-hydrogen) atoms. The molecule has 0 aliphatic carbocycles. The van der Waals surface area contributed by atoms with Crippen LogP contribution in [0, 0.1) is 4.64 Å². The first kappa shape index (κ1) is 18.6. The summed E-state index contributed by atoms with van der Waals surface area (Å²) < 4.78 is 65.0. The van der Waals surface area contributed by atoms with Crippen molar-refractivity contribution in [3.05, 3.63) is 40.5 Å². The van der Waals surface area contributed by atoms with Crippen molar-refractivity contribution < 1.29 is 21.6 Å². The summed E-state index contributed by atoms with van der Waals surface area (Å²) in [4.78, 5) is 6.85. The Morgan fingerprint density at radius 3 is 2.54 bits per heavy atom. The first-order valence-electron chi connectivity index (χ1n) is 7.55. The molecule has 0 aliphatic heterocycles. The van der Waals surface area contributed by atoms with Crippen LogP contribution in [0.5, 0.6) is 0 Å². The first-order valence-corrected chi connectivity index (χ1v) is 9.61. The third-order valence-electron chi connectivity index (χ3n) is 4.03. The third kappa shape index (κ3) is 3.03. The number of halogens is 3. The Bertz CT molecular complexity index is 1160.